The van der Waals surface area contributed by atoms with Crippen molar-refractivity contribution in [2.75, 3.05) is 5.43 Å². The van der Waals surface area contributed by atoms with Crippen LogP contribution < -0.4 is 11.3 Å². The SMILES string of the molecule is NNc1nc(-n2cc(C(F)(F)F)cn2)c2sccc2n1. The van der Waals surface area contributed by atoms with Crippen LogP contribution in [0, 0.1) is 0 Å². The van der Waals surface area contributed by atoms with Crippen LogP contribution in [0.5, 0.6) is 0 Å². The predicted octanol–water partition coefficient (Wildman–Crippen LogP) is 2.18. The molecule has 0 bridgehead atoms. The van der Waals surface area contributed by atoms with Gasteiger partial charge in [-0.2, -0.15) is 23.3 Å². The summed E-state index contributed by atoms with van der Waals surface area (Å²) in [6.45, 7) is 0. The molecule has 3 N–H and O–H groups in total. The first-order chi connectivity index (χ1) is 9.49. The normalized spacial score (nSPS) is 12.0. The van der Waals surface area contributed by atoms with Crippen molar-refractivity contribution in [3.63, 3.8) is 0 Å². The fraction of sp³-hybridized carbons (Fsp3) is 0.100. The van der Waals surface area contributed by atoms with Crippen LogP contribution in [-0.4, -0.2) is 19.7 Å². The Balaban J connectivity index is 2.18. The van der Waals surface area contributed by atoms with E-state index in [-0.39, 0.29) is 11.8 Å². The number of thiophene rings is 1. The second kappa shape index (κ2) is 4.42. The second-order valence-electron chi connectivity index (χ2n) is 3.82. The number of nitrogens with two attached hydrogens (primary N) is 1. The molecule has 0 radical (unpaired) electrons. The van der Waals surface area contributed by atoms with Crippen LogP contribution in [0.1, 0.15) is 5.56 Å². The van der Waals surface area contributed by atoms with Gasteiger partial charge < -0.3 is 0 Å². The van der Waals surface area contributed by atoms with Crippen LogP contribution in [0.25, 0.3) is 16.0 Å². The summed E-state index contributed by atoms with van der Waals surface area (Å²) in [4.78, 5) is 8.15. The molecule has 3 aromatic rings. The number of halogens is 3. The lowest BCUT2D eigenvalue weighted by atomic mass is 10.3. The van der Waals surface area contributed by atoms with Gasteiger partial charge in [-0.15, -0.1) is 11.3 Å². The topological polar surface area (TPSA) is 81.6 Å². The predicted molar refractivity (Wildman–Crippen MR) is 67.3 cm³/mol. The highest BCUT2D eigenvalue weighted by Crippen LogP contribution is 2.31. The Morgan fingerprint density at radius 1 is 1.30 bits per heavy atom. The molecule has 0 aliphatic rings. The molecule has 0 atom stereocenters. The Kier molecular flexibility index (Phi) is 2.83. The molecular weight excluding hydrogens is 293 g/mol. The number of fused-ring (bicyclic) bond motifs is 1. The summed E-state index contributed by atoms with van der Waals surface area (Å²) < 4.78 is 39.5. The molecule has 0 amide bonds. The van der Waals surface area contributed by atoms with Gasteiger partial charge in [0, 0.05) is 6.20 Å². The Morgan fingerprint density at radius 2 is 2.10 bits per heavy atom. The van der Waals surface area contributed by atoms with E-state index in [0.29, 0.717) is 10.2 Å². The largest absolute Gasteiger partial charge is 0.419 e. The Labute approximate surface area is 114 Å². The first-order valence-electron chi connectivity index (χ1n) is 5.33. The summed E-state index contributed by atoms with van der Waals surface area (Å²) >= 11 is 1.31. The van der Waals surface area contributed by atoms with Gasteiger partial charge in [0.05, 0.1) is 22.0 Å². The van der Waals surface area contributed by atoms with E-state index in [1.54, 1.807) is 11.4 Å². The van der Waals surface area contributed by atoms with Gasteiger partial charge in [-0.3, -0.25) is 5.43 Å². The van der Waals surface area contributed by atoms with E-state index < -0.39 is 11.7 Å². The maximum absolute atomic E-state index is 12.6. The summed E-state index contributed by atoms with van der Waals surface area (Å²) in [5, 5.41) is 5.46. The van der Waals surface area contributed by atoms with Crippen LogP contribution >= 0.6 is 11.3 Å². The number of hydrogen-bond donors (Lipinski definition) is 2. The van der Waals surface area contributed by atoms with Crippen molar-refractivity contribution >= 4 is 27.5 Å². The molecule has 0 spiro atoms. The summed E-state index contributed by atoms with van der Waals surface area (Å²) in [6, 6.07) is 1.72. The van der Waals surface area contributed by atoms with Gasteiger partial charge in [0.1, 0.15) is 0 Å². The van der Waals surface area contributed by atoms with Crippen molar-refractivity contribution in [3.05, 3.63) is 29.4 Å². The van der Waals surface area contributed by atoms with E-state index in [4.69, 9.17) is 5.84 Å². The van der Waals surface area contributed by atoms with Gasteiger partial charge in [-0.25, -0.2) is 15.5 Å². The number of anilines is 1. The number of alkyl halides is 3. The van der Waals surface area contributed by atoms with E-state index in [2.05, 4.69) is 20.5 Å². The molecule has 3 heterocycles. The van der Waals surface area contributed by atoms with E-state index in [1.807, 2.05) is 0 Å². The molecule has 3 aromatic heterocycles. The van der Waals surface area contributed by atoms with Gasteiger partial charge in [0.15, 0.2) is 5.82 Å². The maximum atomic E-state index is 12.6. The minimum absolute atomic E-state index is 0.106. The Hall–Kier alpha value is -2.20. The minimum atomic E-state index is -4.45. The van der Waals surface area contributed by atoms with Gasteiger partial charge >= 0.3 is 6.18 Å². The van der Waals surface area contributed by atoms with E-state index in [0.717, 1.165) is 17.1 Å². The maximum Gasteiger partial charge on any atom is 0.419 e. The molecule has 0 aliphatic heterocycles. The average molecular weight is 300 g/mol. The van der Waals surface area contributed by atoms with E-state index in [1.165, 1.54) is 11.3 Å². The third-order valence-electron chi connectivity index (χ3n) is 2.54. The van der Waals surface area contributed by atoms with Crippen LogP contribution in [0.3, 0.4) is 0 Å². The average Bonchev–Trinajstić information content (AvgIpc) is 3.05. The molecule has 10 heteroatoms. The van der Waals surface area contributed by atoms with Crippen molar-refractivity contribution < 1.29 is 13.2 Å². The van der Waals surface area contributed by atoms with Crippen molar-refractivity contribution in [2.24, 2.45) is 5.84 Å². The Morgan fingerprint density at radius 3 is 2.75 bits per heavy atom. The minimum Gasteiger partial charge on any atom is -0.292 e. The highest BCUT2D eigenvalue weighted by molar-refractivity contribution is 7.17. The van der Waals surface area contributed by atoms with Gasteiger partial charge in [-0.1, -0.05) is 0 Å². The molecule has 6 nitrogen and oxygen atoms in total. The third kappa shape index (κ3) is 2.08. The van der Waals surface area contributed by atoms with Crippen LogP contribution in [-0.2, 0) is 6.18 Å². The fourth-order valence-corrected chi connectivity index (χ4v) is 2.46. The van der Waals surface area contributed by atoms with Crippen LogP contribution in [0.2, 0.25) is 0 Å². The standard InChI is InChI=1S/C10H7F3N6S/c11-10(12,13)5-3-15-19(4-5)8-7-6(1-2-20-7)16-9(17-8)18-14/h1-4H,14H2,(H,16,17,18). The van der Waals surface area contributed by atoms with Gasteiger partial charge in [0.25, 0.3) is 0 Å². The summed E-state index contributed by atoms with van der Waals surface area (Å²) in [7, 11) is 0. The fourth-order valence-electron chi connectivity index (χ4n) is 1.65. The highest BCUT2D eigenvalue weighted by Gasteiger charge is 2.32. The number of hydrogen-bond acceptors (Lipinski definition) is 6. The van der Waals surface area contributed by atoms with Crippen LogP contribution in [0.4, 0.5) is 19.1 Å². The van der Waals surface area contributed by atoms with Crippen molar-refractivity contribution in [3.8, 4) is 5.82 Å². The molecule has 0 unspecified atom stereocenters. The van der Waals surface area contributed by atoms with E-state index in [9.17, 15) is 13.2 Å². The lowest BCUT2D eigenvalue weighted by Gasteiger charge is -2.05. The molecule has 0 saturated heterocycles. The van der Waals surface area contributed by atoms with Crippen molar-refractivity contribution in [1.29, 1.82) is 0 Å². The molecular formula is C10H7F3N6S. The summed E-state index contributed by atoms with van der Waals surface area (Å²) in [6.07, 6.45) is -2.83. The monoisotopic (exact) mass is 300 g/mol. The van der Waals surface area contributed by atoms with Crippen molar-refractivity contribution in [2.45, 2.75) is 6.18 Å². The lowest BCUT2D eigenvalue weighted by molar-refractivity contribution is -0.137. The molecule has 104 valence electrons. The zero-order valence-corrected chi connectivity index (χ0v) is 10.5. The van der Waals surface area contributed by atoms with Gasteiger partial charge in [0.2, 0.25) is 5.95 Å². The number of nitrogens with one attached hydrogen (secondary N) is 1. The second-order valence-corrected chi connectivity index (χ2v) is 4.74. The number of nitrogen functional groups attached to an aromatic ring is 1. The highest BCUT2D eigenvalue weighted by atomic mass is 32.1. The van der Waals surface area contributed by atoms with Crippen LogP contribution in [0.15, 0.2) is 23.8 Å². The van der Waals surface area contributed by atoms with E-state index >= 15 is 0 Å². The quantitative estimate of drug-likeness (QED) is 0.560. The number of nitrogens with zero attached hydrogens (tertiary/aromatic N) is 4. The molecule has 0 aliphatic carbocycles. The summed E-state index contributed by atoms with van der Waals surface area (Å²) in [5.41, 5.74) is 2.01. The summed E-state index contributed by atoms with van der Waals surface area (Å²) in [5.74, 6) is 5.60. The zero-order chi connectivity index (χ0) is 14.3. The number of aromatic nitrogens is 4. The Bertz CT molecular complexity index is 762. The third-order valence-corrected chi connectivity index (χ3v) is 3.44. The molecule has 0 aromatic carbocycles. The first-order valence-corrected chi connectivity index (χ1v) is 6.21. The molecule has 20 heavy (non-hydrogen) atoms. The zero-order valence-electron chi connectivity index (χ0n) is 9.72. The van der Waals surface area contributed by atoms with Crippen molar-refractivity contribution in [1.82, 2.24) is 19.7 Å². The first kappa shape index (κ1) is 12.8. The molecule has 3 rings (SSSR count). The number of hydrazine groups is 1. The lowest BCUT2D eigenvalue weighted by Crippen LogP contribution is -2.12. The number of rotatable bonds is 2. The molecule has 0 saturated carbocycles. The van der Waals surface area contributed by atoms with Gasteiger partial charge in [-0.05, 0) is 11.4 Å². The smallest absolute Gasteiger partial charge is 0.292 e. The molecule has 0 fully saturated rings.